The van der Waals surface area contributed by atoms with Crippen molar-refractivity contribution in [2.45, 2.75) is 38.5 Å². The van der Waals surface area contributed by atoms with E-state index in [9.17, 15) is 9.36 Å². The minimum Gasteiger partial charge on any atom is -0.326 e. The molecular weight excluding hydrogens is 331 g/mol. The van der Waals surface area contributed by atoms with Gasteiger partial charge in [0.2, 0.25) is 5.52 Å². The molecule has 2 aromatic carbocycles. The number of unbranched alkanes of at least 4 members (excludes halogenated alkanes) is 4. The minimum atomic E-state index is -3.26. The van der Waals surface area contributed by atoms with E-state index in [0.29, 0.717) is 11.7 Å². The Morgan fingerprint density at radius 2 is 1.40 bits per heavy atom. The van der Waals surface area contributed by atoms with E-state index in [4.69, 9.17) is 4.52 Å². The molecule has 0 N–H and O–H groups in total. The summed E-state index contributed by atoms with van der Waals surface area (Å²) in [7, 11) is -1.88. The van der Waals surface area contributed by atoms with Gasteiger partial charge >= 0.3 is 0 Å². The van der Waals surface area contributed by atoms with Crippen molar-refractivity contribution in [3.63, 3.8) is 0 Å². The lowest BCUT2D eigenvalue weighted by molar-refractivity contribution is 0.105. The van der Waals surface area contributed by atoms with Crippen LogP contribution in [-0.4, -0.2) is 18.8 Å². The molecule has 0 aromatic heterocycles. The van der Waals surface area contributed by atoms with Crippen molar-refractivity contribution in [2.24, 2.45) is 0 Å². The predicted octanol–water partition coefficient (Wildman–Crippen LogP) is 5.94. The first-order chi connectivity index (χ1) is 12.2. The van der Waals surface area contributed by atoms with Gasteiger partial charge in [0.15, 0.2) is 0 Å². The van der Waals surface area contributed by atoms with E-state index in [-0.39, 0.29) is 5.52 Å². The maximum Gasteiger partial charge on any atom is 0.271 e. The van der Waals surface area contributed by atoms with Gasteiger partial charge < -0.3 is 4.52 Å². The van der Waals surface area contributed by atoms with Crippen LogP contribution in [0.5, 0.6) is 0 Å². The zero-order chi connectivity index (χ0) is 18.0. The molecule has 0 aliphatic carbocycles. The van der Waals surface area contributed by atoms with Crippen molar-refractivity contribution in [3.05, 3.63) is 71.8 Å². The summed E-state index contributed by atoms with van der Waals surface area (Å²) >= 11 is 0. The summed E-state index contributed by atoms with van der Waals surface area (Å²) in [6.07, 6.45) is 6.57. The summed E-state index contributed by atoms with van der Waals surface area (Å²) in [5, 5.41) is 0. The summed E-state index contributed by atoms with van der Waals surface area (Å²) in [6.45, 7) is 0. The van der Waals surface area contributed by atoms with E-state index < -0.39 is 7.37 Å². The molecule has 1 atom stereocenters. The molecule has 0 amide bonds. The molecule has 2 rings (SSSR count). The SMILES string of the molecule is COP(=O)(CCCCCCCc1ccccc1)C(=O)c1ccccc1. The molecule has 0 spiro atoms. The molecule has 1 unspecified atom stereocenters. The Bertz CT molecular complexity index is 683. The number of benzene rings is 2. The first-order valence-corrected chi connectivity index (χ1v) is 10.8. The Hall–Kier alpha value is -1.70. The summed E-state index contributed by atoms with van der Waals surface area (Å²) in [6, 6.07) is 19.3. The highest BCUT2D eigenvalue weighted by atomic mass is 31.2. The van der Waals surface area contributed by atoms with Crippen LogP contribution in [-0.2, 0) is 15.5 Å². The third-order valence-electron chi connectivity index (χ3n) is 4.39. The minimum absolute atomic E-state index is 0.329. The second-order valence-corrected chi connectivity index (χ2v) is 8.82. The summed E-state index contributed by atoms with van der Waals surface area (Å²) in [5.41, 5.74) is 1.48. The number of hydrogen-bond acceptors (Lipinski definition) is 3. The monoisotopic (exact) mass is 358 g/mol. The number of aryl methyl sites for hydroxylation is 1. The molecule has 0 fully saturated rings. The highest BCUT2D eigenvalue weighted by Crippen LogP contribution is 2.50. The van der Waals surface area contributed by atoms with Gasteiger partial charge in [-0.25, -0.2) is 0 Å². The van der Waals surface area contributed by atoms with Crippen LogP contribution in [0.15, 0.2) is 60.7 Å². The van der Waals surface area contributed by atoms with Crippen molar-refractivity contribution in [1.82, 2.24) is 0 Å². The average molecular weight is 358 g/mol. The molecule has 0 aliphatic heterocycles. The Morgan fingerprint density at radius 3 is 2.04 bits per heavy atom. The van der Waals surface area contributed by atoms with Gasteiger partial charge in [-0.05, 0) is 24.8 Å². The van der Waals surface area contributed by atoms with Crippen LogP contribution in [0.1, 0.15) is 48.0 Å². The molecule has 0 bridgehead atoms. The van der Waals surface area contributed by atoms with Crippen LogP contribution in [0.3, 0.4) is 0 Å². The van der Waals surface area contributed by atoms with Gasteiger partial charge in [-0.1, -0.05) is 79.9 Å². The normalized spacial score (nSPS) is 13.3. The van der Waals surface area contributed by atoms with E-state index in [1.165, 1.54) is 12.7 Å². The van der Waals surface area contributed by atoms with Gasteiger partial charge in [0.25, 0.3) is 7.37 Å². The first kappa shape index (κ1) is 19.6. The van der Waals surface area contributed by atoms with Crippen LogP contribution >= 0.6 is 7.37 Å². The molecule has 0 aliphatic rings. The largest absolute Gasteiger partial charge is 0.326 e. The van der Waals surface area contributed by atoms with Gasteiger partial charge in [-0.15, -0.1) is 0 Å². The quantitative estimate of drug-likeness (QED) is 0.368. The van der Waals surface area contributed by atoms with Crippen LogP contribution < -0.4 is 0 Å². The van der Waals surface area contributed by atoms with Gasteiger partial charge in [-0.3, -0.25) is 9.36 Å². The van der Waals surface area contributed by atoms with Crippen molar-refractivity contribution >= 4 is 12.9 Å². The number of carbonyl (C=O) groups excluding carboxylic acids is 1. The fourth-order valence-electron chi connectivity index (χ4n) is 2.88. The molecule has 4 heteroatoms. The Morgan fingerprint density at radius 1 is 0.840 bits per heavy atom. The predicted molar refractivity (Wildman–Crippen MR) is 103 cm³/mol. The summed E-state index contributed by atoms with van der Waals surface area (Å²) in [4.78, 5) is 12.4. The molecular formula is C21H27O3P. The highest BCUT2D eigenvalue weighted by Gasteiger charge is 2.31. The zero-order valence-corrected chi connectivity index (χ0v) is 15.8. The van der Waals surface area contributed by atoms with Gasteiger partial charge in [-0.2, -0.15) is 0 Å². The molecule has 2 aromatic rings. The maximum atomic E-state index is 12.8. The lowest BCUT2D eigenvalue weighted by Crippen LogP contribution is -2.06. The summed E-state index contributed by atoms with van der Waals surface area (Å²) in [5.74, 6) is 0. The number of rotatable bonds is 11. The molecule has 0 radical (unpaired) electrons. The van der Waals surface area contributed by atoms with Gasteiger partial charge in [0, 0.05) is 18.8 Å². The maximum absolute atomic E-state index is 12.8. The van der Waals surface area contributed by atoms with Crippen molar-refractivity contribution in [2.75, 3.05) is 13.3 Å². The van der Waals surface area contributed by atoms with Gasteiger partial charge in [0.05, 0.1) is 0 Å². The van der Waals surface area contributed by atoms with Crippen LogP contribution in [0, 0.1) is 0 Å². The first-order valence-electron chi connectivity index (χ1n) is 8.94. The second-order valence-electron chi connectivity index (χ2n) is 6.25. The van der Waals surface area contributed by atoms with E-state index in [2.05, 4.69) is 24.3 Å². The van der Waals surface area contributed by atoms with E-state index in [1.807, 2.05) is 12.1 Å². The highest BCUT2D eigenvalue weighted by molar-refractivity contribution is 7.76. The van der Waals surface area contributed by atoms with Crippen molar-refractivity contribution in [1.29, 1.82) is 0 Å². The molecule has 134 valence electrons. The van der Waals surface area contributed by atoms with Crippen molar-refractivity contribution < 1.29 is 13.9 Å². The topological polar surface area (TPSA) is 43.4 Å². The van der Waals surface area contributed by atoms with Crippen LogP contribution in [0.25, 0.3) is 0 Å². The summed E-state index contributed by atoms with van der Waals surface area (Å²) < 4.78 is 17.9. The third-order valence-corrected chi connectivity index (χ3v) is 6.76. The standard InChI is InChI=1S/C21H27O3P/c1-24-25(23,21(22)20-16-10-6-11-17-20)18-12-4-2-3-7-13-19-14-8-5-9-15-19/h5-6,8-11,14-17H,2-4,7,12-13,18H2,1H3. The third kappa shape index (κ3) is 6.26. The Balaban J connectivity index is 1.68. The van der Waals surface area contributed by atoms with Crippen LogP contribution in [0.4, 0.5) is 0 Å². The van der Waals surface area contributed by atoms with E-state index >= 15 is 0 Å². The molecule has 0 saturated carbocycles. The Labute approximate surface area is 150 Å². The lowest BCUT2D eigenvalue weighted by atomic mass is 10.1. The molecule has 0 heterocycles. The smallest absolute Gasteiger partial charge is 0.271 e. The fraction of sp³-hybridized carbons (Fsp3) is 0.381. The van der Waals surface area contributed by atoms with Crippen molar-refractivity contribution in [3.8, 4) is 0 Å². The fourth-order valence-corrected chi connectivity index (χ4v) is 4.61. The Kier molecular flexibility index (Phi) is 8.11. The van der Waals surface area contributed by atoms with E-state index in [1.54, 1.807) is 24.3 Å². The average Bonchev–Trinajstić information content (AvgIpc) is 2.68. The van der Waals surface area contributed by atoms with Crippen LogP contribution in [0.2, 0.25) is 0 Å². The zero-order valence-electron chi connectivity index (χ0n) is 14.9. The number of carbonyl (C=O) groups is 1. The second kappa shape index (κ2) is 10.3. The van der Waals surface area contributed by atoms with E-state index in [0.717, 1.165) is 38.5 Å². The lowest BCUT2D eigenvalue weighted by Gasteiger charge is -2.14. The molecule has 25 heavy (non-hydrogen) atoms. The molecule has 0 saturated heterocycles. The number of hydrogen-bond donors (Lipinski definition) is 0. The van der Waals surface area contributed by atoms with Gasteiger partial charge in [0.1, 0.15) is 0 Å². The molecule has 3 nitrogen and oxygen atoms in total.